The van der Waals surface area contributed by atoms with Crippen LogP contribution in [0.1, 0.15) is 53.4 Å². The molecule has 0 aromatic carbocycles. The predicted octanol–water partition coefficient (Wildman–Crippen LogP) is -0.164. The van der Waals surface area contributed by atoms with Crippen molar-refractivity contribution in [2.45, 2.75) is 53.4 Å². The molecule has 0 spiro atoms. The molecule has 0 saturated carbocycles. The maximum atomic E-state index is 9.60. The molecule has 0 aliphatic carbocycles. The van der Waals surface area contributed by atoms with Crippen LogP contribution in [0.5, 0.6) is 0 Å². The SMILES string of the molecule is C=C(C)C(=O)O.C=C(C)C(=O)O.C=C(C)C(=O)O.C=C(C)C(=O)O.C=CCC(=O)[O-].C=CCC(=O)[O-].C=CCC(=O)[O-].C=CCC(=O)[O-].[Zr+4]. The molecule has 272 valence electrons. The number of hydrogen-bond donors (Lipinski definition) is 4. The van der Waals surface area contributed by atoms with Crippen molar-refractivity contribution in [1.29, 1.82) is 0 Å². The molecule has 0 aromatic heterocycles. The van der Waals surface area contributed by atoms with Crippen LogP contribution in [0, 0.1) is 0 Å². The summed E-state index contributed by atoms with van der Waals surface area (Å²) in [4.78, 5) is 76.1. The van der Waals surface area contributed by atoms with Gasteiger partial charge in [0.05, 0.1) is 0 Å². The standard InChI is InChI=1S/8C4H6O2.Zr/c4*1-3(2)4(5)6;4*1-2-3-4(5)6;/h4*1H2,2H3,(H,5,6);4*2H,1,3H2,(H,5,6);/q;;;;;;;;+4/p-4. The summed E-state index contributed by atoms with van der Waals surface area (Å²) in [7, 11) is 0. The van der Waals surface area contributed by atoms with E-state index in [1.807, 2.05) is 0 Å². The normalized spacial score (nSPS) is 7.27. The monoisotopic (exact) mass is 774 g/mol. The summed E-state index contributed by atoms with van der Waals surface area (Å²) in [6.07, 6.45) is 4.93. The van der Waals surface area contributed by atoms with Gasteiger partial charge in [0.2, 0.25) is 0 Å². The Morgan fingerprint density at radius 2 is 0.490 bits per heavy atom. The molecular weight excluding hydrogens is 732 g/mol. The minimum atomic E-state index is -1.08. The maximum absolute atomic E-state index is 9.60. The number of aliphatic carboxylic acids is 8. The van der Waals surface area contributed by atoms with Crippen molar-refractivity contribution in [3.63, 3.8) is 0 Å². The van der Waals surface area contributed by atoms with Crippen molar-refractivity contribution in [3.05, 3.63) is 99.2 Å². The zero-order chi connectivity index (χ0) is 40.6. The van der Waals surface area contributed by atoms with Crippen molar-refractivity contribution in [1.82, 2.24) is 0 Å². The predicted molar refractivity (Wildman–Crippen MR) is 169 cm³/mol. The summed E-state index contributed by atoms with van der Waals surface area (Å²) >= 11 is 0. The third-order valence-electron chi connectivity index (χ3n) is 2.70. The van der Waals surface area contributed by atoms with E-state index in [4.69, 9.17) is 20.4 Å². The van der Waals surface area contributed by atoms with Crippen LogP contribution in [0.2, 0.25) is 0 Å². The van der Waals surface area contributed by atoms with Crippen LogP contribution in [0.4, 0.5) is 0 Å². The maximum Gasteiger partial charge on any atom is 4.00 e. The van der Waals surface area contributed by atoms with Gasteiger partial charge in [-0.05, 0) is 27.7 Å². The van der Waals surface area contributed by atoms with Crippen molar-refractivity contribution in [3.8, 4) is 0 Å². The molecule has 0 aliphatic rings. The van der Waals surface area contributed by atoms with Crippen LogP contribution < -0.4 is 20.4 Å². The first kappa shape index (κ1) is 66.1. The second kappa shape index (κ2) is 49.4. The van der Waals surface area contributed by atoms with Crippen LogP contribution in [0.15, 0.2) is 99.2 Å². The first-order valence-corrected chi connectivity index (χ1v) is 12.4. The van der Waals surface area contributed by atoms with Gasteiger partial charge in [-0.25, -0.2) is 19.2 Å². The molecule has 0 radical (unpaired) electrons. The molecule has 0 aliphatic heterocycles. The van der Waals surface area contributed by atoms with E-state index < -0.39 is 47.8 Å². The molecule has 0 amide bonds. The van der Waals surface area contributed by atoms with E-state index in [1.54, 1.807) is 0 Å². The molecule has 0 saturated heterocycles. The zero-order valence-corrected chi connectivity index (χ0v) is 30.4. The Morgan fingerprint density at radius 3 is 0.490 bits per heavy atom. The minimum Gasteiger partial charge on any atom is -0.550 e. The Labute approximate surface area is 304 Å². The quantitative estimate of drug-likeness (QED) is 0.148. The van der Waals surface area contributed by atoms with Gasteiger partial charge < -0.3 is 60.0 Å². The largest absolute Gasteiger partial charge is 4.00 e. The molecule has 4 N–H and O–H groups in total. The molecule has 0 unspecified atom stereocenters. The number of rotatable bonds is 12. The molecule has 0 heterocycles. The molecule has 0 atom stereocenters. The second-order valence-electron chi connectivity index (χ2n) is 7.80. The van der Waals surface area contributed by atoms with Crippen LogP contribution in [-0.4, -0.2) is 68.2 Å². The fourth-order valence-corrected chi connectivity index (χ4v) is 0.471. The third kappa shape index (κ3) is 138. The van der Waals surface area contributed by atoms with E-state index in [9.17, 15) is 58.8 Å². The number of hydrogen-bond acceptors (Lipinski definition) is 12. The van der Waals surface area contributed by atoms with Gasteiger partial charge >= 0.3 is 50.1 Å². The average Bonchev–Trinajstić information content (AvgIpc) is 2.90. The summed E-state index contributed by atoms with van der Waals surface area (Å²) < 4.78 is 0. The van der Waals surface area contributed by atoms with Gasteiger partial charge in [-0.3, -0.25) is 0 Å². The molecular formula is C32H44O16Zr. The Hall–Kier alpha value is -5.44. The van der Waals surface area contributed by atoms with Gasteiger partial charge in [0.25, 0.3) is 0 Å². The van der Waals surface area contributed by atoms with Gasteiger partial charge in [0.1, 0.15) is 0 Å². The summed E-state index contributed by atoms with van der Waals surface area (Å²) in [6, 6.07) is 0. The van der Waals surface area contributed by atoms with E-state index in [0.29, 0.717) is 0 Å². The fraction of sp³-hybridized carbons (Fsp3) is 0.250. The van der Waals surface area contributed by atoms with Gasteiger partial charge in [-0.15, -0.1) is 26.3 Å². The van der Waals surface area contributed by atoms with E-state index in [0.717, 1.165) is 0 Å². The number of carboxylic acid groups (broad SMARTS) is 8. The fourth-order valence-electron chi connectivity index (χ4n) is 0.471. The average molecular weight is 776 g/mol. The molecule has 49 heavy (non-hydrogen) atoms. The van der Waals surface area contributed by atoms with Gasteiger partial charge in [-0.2, -0.15) is 0 Å². The van der Waals surface area contributed by atoms with E-state index in [1.165, 1.54) is 52.0 Å². The number of carboxylic acids is 8. The van der Waals surface area contributed by atoms with Crippen LogP contribution in [0.3, 0.4) is 0 Å². The van der Waals surface area contributed by atoms with E-state index in [-0.39, 0.29) is 74.2 Å². The van der Waals surface area contributed by atoms with Crippen LogP contribution in [-0.2, 0) is 64.6 Å². The van der Waals surface area contributed by atoms with Crippen LogP contribution >= 0.6 is 0 Å². The molecule has 0 bridgehead atoms. The summed E-state index contributed by atoms with van der Waals surface area (Å²) in [6.45, 7) is 31.1. The van der Waals surface area contributed by atoms with E-state index in [2.05, 4.69) is 52.6 Å². The van der Waals surface area contributed by atoms with Crippen molar-refractivity contribution in [2.75, 3.05) is 0 Å². The molecule has 0 rings (SSSR count). The van der Waals surface area contributed by atoms with Crippen molar-refractivity contribution >= 4 is 47.8 Å². The number of carbonyl (C=O) groups excluding carboxylic acids is 4. The first-order valence-electron chi connectivity index (χ1n) is 12.4. The summed E-state index contributed by atoms with van der Waals surface area (Å²) in [5.74, 6) is -8.06. The van der Waals surface area contributed by atoms with Crippen LogP contribution in [0.25, 0.3) is 0 Å². The van der Waals surface area contributed by atoms with E-state index >= 15 is 0 Å². The first-order chi connectivity index (χ1) is 21.7. The Morgan fingerprint density at radius 1 is 0.408 bits per heavy atom. The molecule has 0 aromatic rings. The van der Waals surface area contributed by atoms with Gasteiger partial charge in [0.15, 0.2) is 0 Å². The Kier molecular flexibility index (Phi) is 66.7. The Bertz CT molecular complexity index is 908. The van der Waals surface area contributed by atoms with Gasteiger partial charge in [-0.1, -0.05) is 50.6 Å². The Balaban J connectivity index is -0.0000000532. The number of carbonyl (C=O) groups is 8. The van der Waals surface area contributed by atoms with Gasteiger partial charge in [0, 0.05) is 71.9 Å². The molecule has 0 fully saturated rings. The summed E-state index contributed by atoms with van der Waals surface area (Å²) in [5.41, 5.74) is 0.704. The van der Waals surface area contributed by atoms with Crippen molar-refractivity contribution in [2.24, 2.45) is 0 Å². The van der Waals surface area contributed by atoms with Crippen molar-refractivity contribution < 1.29 is 105 Å². The second-order valence-corrected chi connectivity index (χ2v) is 7.80. The topological polar surface area (TPSA) is 310 Å². The zero-order valence-electron chi connectivity index (χ0n) is 28.0. The molecule has 17 heteroatoms. The summed E-state index contributed by atoms with van der Waals surface area (Å²) in [5, 5.41) is 69.2. The smallest absolute Gasteiger partial charge is 0.550 e. The minimum absolute atomic E-state index is 0. The molecule has 16 nitrogen and oxygen atoms in total. The third-order valence-corrected chi connectivity index (χ3v) is 2.70.